The molecule has 0 radical (unpaired) electrons. The van der Waals surface area contributed by atoms with E-state index in [1.807, 2.05) is 0 Å². The van der Waals surface area contributed by atoms with E-state index in [0.29, 0.717) is 0 Å². The normalized spacial score (nSPS) is 14.1. The van der Waals surface area contributed by atoms with Crippen LogP contribution in [0.15, 0.2) is 28.0 Å². The van der Waals surface area contributed by atoms with Crippen LogP contribution < -0.4 is 0 Å². The fraction of sp³-hybridized carbons (Fsp3) is 0.333. The molecule has 0 aromatic heterocycles. The van der Waals surface area contributed by atoms with Crippen LogP contribution in [-0.4, -0.2) is 47.4 Å². The van der Waals surface area contributed by atoms with Gasteiger partial charge in [-0.1, -0.05) is 6.07 Å². The second kappa shape index (κ2) is 6.18. The molecule has 0 amide bonds. The van der Waals surface area contributed by atoms with Gasteiger partial charge in [0.15, 0.2) is 9.84 Å². The highest BCUT2D eigenvalue weighted by Gasteiger charge is 2.22. The second-order valence-electron chi connectivity index (χ2n) is 4.01. The molecule has 0 atom stereocenters. The van der Waals surface area contributed by atoms with Gasteiger partial charge in [0.2, 0.25) is 11.2 Å². The minimum absolute atomic E-state index is 0.164. The van der Waals surface area contributed by atoms with Gasteiger partial charge in [-0.3, -0.25) is 22.4 Å². The van der Waals surface area contributed by atoms with E-state index in [0.717, 1.165) is 12.1 Å². The predicted octanol–water partition coefficient (Wildman–Crippen LogP) is 1.17. The Balaban J connectivity index is 3.05. The summed E-state index contributed by atoms with van der Waals surface area (Å²) in [5, 5.41) is 0. The Morgan fingerprint density at radius 2 is 1.62 bits per heavy atom. The van der Waals surface area contributed by atoms with E-state index >= 15 is 0 Å². The van der Waals surface area contributed by atoms with Crippen LogP contribution in [0.25, 0.3) is 0 Å². The van der Waals surface area contributed by atoms with E-state index in [1.54, 1.807) is 0 Å². The minimum Gasteiger partial charge on any atom is -0.287 e. The molecular weight excluding hydrogens is 348 g/mol. The molecule has 0 aliphatic heterocycles. The molecule has 1 aromatic carbocycles. The molecule has 0 bridgehead atoms. The number of hydrogen-bond donors (Lipinski definition) is 4. The van der Waals surface area contributed by atoms with Crippen LogP contribution in [0, 0.1) is 6.92 Å². The lowest BCUT2D eigenvalue weighted by Gasteiger charge is -2.17. The van der Waals surface area contributed by atoms with Crippen LogP contribution in [0.1, 0.15) is 5.56 Å². The first-order chi connectivity index (χ1) is 9.33. The van der Waals surface area contributed by atoms with Gasteiger partial charge >= 0.3 is 0 Å². The summed E-state index contributed by atoms with van der Waals surface area (Å²) >= 11 is -4.27. The molecule has 21 heavy (non-hydrogen) atoms. The molecule has 12 heteroatoms. The molecule has 122 valence electrons. The topological polar surface area (TPSA) is 158 Å². The Hall–Kier alpha value is -0.730. The average molecular weight is 362 g/mol. The van der Waals surface area contributed by atoms with E-state index in [9.17, 15) is 16.8 Å². The van der Waals surface area contributed by atoms with Gasteiger partial charge < -0.3 is 0 Å². The fourth-order valence-corrected chi connectivity index (χ4v) is 3.77. The molecule has 0 saturated carbocycles. The Labute approximate surface area is 123 Å². The first-order valence-electron chi connectivity index (χ1n) is 5.29. The molecule has 9 nitrogen and oxygen atoms in total. The molecular formula is C9H14O9S3. The maximum absolute atomic E-state index is 11.9. The van der Waals surface area contributed by atoms with Crippen molar-refractivity contribution >= 4 is 31.1 Å². The Kier molecular flexibility index (Phi) is 5.39. The van der Waals surface area contributed by atoms with Crippen LogP contribution >= 0.6 is 11.2 Å². The highest BCUT2D eigenvalue weighted by molar-refractivity contribution is 8.15. The number of rotatable bonds is 6. The van der Waals surface area contributed by atoms with Gasteiger partial charge in [-0.2, -0.15) is 8.42 Å². The predicted molar refractivity (Wildman–Crippen MR) is 74.5 cm³/mol. The number of aryl methyl sites for hydroxylation is 1. The third-order valence-corrected chi connectivity index (χ3v) is 5.54. The van der Waals surface area contributed by atoms with Crippen LogP contribution in [0.3, 0.4) is 0 Å². The van der Waals surface area contributed by atoms with Crippen molar-refractivity contribution in [2.75, 3.05) is 12.4 Å². The Bertz CT molecular complexity index is 715. The quantitative estimate of drug-likeness (QED) is 0.545. The zero-order valence-corrected chi connectivity index (χ0v) is 13.2. The number of hydrogen-bond acceptors (Lipinski definition) is 8. The SMILES string of the molecule is Cc1ccc(S(=O)(=O)CCOS(O)(O)O)cc1S(=O)(=O)O. The Morgan fingerprint density at radius 1 is 1.05 bits per heavy atom. The fourth-order valence-electron chi connectivity index (χ4n) is 1.43. The molecule has 0 unspecified atom stereocenters. The highest BCUT2D eigenvalue weighted by atomic mass is 32.3. The van der Waals surface area contributed by atoms with Crippen LogP contribution in [0.2, 0.25) is 0 Å². The standard InChI is InChI=1S/C9H14O9S3/c1-7-2-3-8(6-9(7)20(12,13)14)19(10,11)5-4-18-21(15,16)17/h2-3,6,15-17H,4-5H2,1H3,(H,12,13,14). The summed E-state index contributed by atoms with van der Waals surface area (Å²) in [6.07, 6.45) is 0. The van der Waals surface area contributed by atoms with Crippen molar-refractivity contribution in [2.24, 2.45) is 0 Å². The minimum atomic E-state index is -4.57. The summed E-state index contributed by atoms with van der Waals surface area (Å²) in [6, 6.07) is 3.13. The third-order valence-electron chi connectivity index (χ3n) is 2.39. The van der Waals surface area contributed by atoms with E-state index in [2.05, 4.69) is 4.18 Å². The van der Waals surface area contributed by atoms with Crippen molar-refractivity contribution in [1.29, 1.82) is 0 Å². The van der Waals surface area contributed by atoms with E-state index in [4.69, 9.17) is 18.2 Å². The lowest BCUT2D eigenvalue weighted by molar-refractivity contribution is 0.213. The summed E-state index contributed by atoms with van der Waals surface area (Å²) in [5.41, 5.74) is 0.164. The third kappa shape index (κ3) is 5.52. The van der Waals surface area contributed by atoms with Crippen molar-refractivity contribution in [3.8, 4) is 0 Å². The molecule has 0 saturated heterocycles. The summed E-state index contributed by atoms with van der Waals surface area (Å²) in [7, 11) is -8.57. The summed E-state index contributed by atoms with van der Waals surface area (Å²) in [5.74, 6) is -0.725. The van der Waals surface area contributed by atoms with Gasteiger partial charge in [-0.15, -0.1) is 0 Å². The van der Waals surface area contributed by atoms with Crippen molar-refractivity contribution in [1.82, 2.24) is 0 Å². The van der Waals surface area contributed by atoms with Crippen molar-refractivity contribution in [3.63, 3.8) is 0 Å². The zero-order valence-electron chi connectivity index (χ0n) is 10.7. The second-order valence-corrected chi connectivity index (χ2v) is 8.68. The van der Waals surface area contributed by atoms with E-state index in [-0.39, 0.29) is 5.56 Å². The summed E-state index contributed by atoms with van der Waals surface area (Å²) in [4.78, 5) is -0.935. The van der Waals surface area contributed by atoms with Crippen LogP contribution in [-0.2, 0) is 24.1 Å². The number of sulfone groups is 1. The molecule has 0 aliphatic rings. The van der Waals surface area contributed by atoms with E-state index in [1.165, 1.54) is 13.0 Å². The smallest absolute Gasteiger partial charge is 0.287 e. The summed E-state index contributed by atoms with van der Waals surface area (Å²) < 4.78 is 84.8. The monoisotopic (exact) mass is 362 g/mol. The first kappa shape index (κ1) is 18.3. The summed E-state index contributed by atoms with van der Waals surface area (Å²) in [6.45, 7) is 0.667. The lowest BCUT2D eigenvalue weighted by Crippen LogP contribution is -2.15. The maximum Gasteiger partial charge on any atom is 0.294 e. The van der Waals surface area contributed by atoms with Crippen LogP contribution in [0.5, 0.6) is 0 Å². The van der Waals surface area contributed by atoms with Gasteiger partial charge in [0.1, 0.15) is 0 Å². The Morgan fingerprint density at radius 3 is 2.10 bits per heavy atom. The average Bonchev–Trinajstić information content (AvgIpc) is 2.25. The van der Waals surface area contributed by atoms with Gasteiger partial charge in [-0.25, -0.2) is 8.42 Å². The van der Waals surface area contributed by atoms with Crippen molar-refractivity contribution < 1.29 is 39.2 Å². The molecule has 0 fully saturated rings. The molecule has 4 N–H and O–H groups in total. The lowest BCUT2D eigenvalue weighted by atomic mass is 10.2. The maximum atomic E-state index is 11.9. The zero-order chi connectivity index (χ0) is 16.5. The molecule has 0 heterocycles. The number of benzene rings is 1. The van der Waals surface area contributed by atoms with Gasteiger partial charge in [-0.05, 0) is 24.6 Å². The largest absolute Gasteiger partial charge is 0.294 e. The van der Waals surface area contributed by atoms with Gasteiger partial charge in [0.25, 0.3) is 10.1 Å². The molecule has 0 aliphatic carbocycles. The van der Waals surface area contributed by atoms with Crippen molar-refractivity contribution in [3.05, 3.63) is 23.8 Å². The van der Waals surface area contributed by atoms with Crippen molar-refractivity contribution in [2.45, 2.75) is 16.7 Å². The first-order valence-corrected chi connectivity index (χ1v) is 9.81. The van der Waals surface area contributed by atoms with Crippen LogP contribution in [0.4, 0.5) is 0 Å². The highest BCUT2D eigenvalue weighted by Crippen LogP contribution is 2.33. The molecule has 1 rings (SSSR count). The molecule has 0 spiro atoms. The van der Waals surface area contributed by atoms with Gasteiger partial charge in [0, 0.05) is 0 Å². The van der Waals surface area contributed by atoms with E-state index < -0.39 is 53.3 Å². The van der Waals surface area contributed by atoms with Gasteiger partial charge in [0.05, 0.1) is 22.2 Å². The molecule has 1 aromatic rings.